The van der Waals surface area contributed by atoms with E-state index in [-0.39, 0.29) is 6.04 Å². The molecule has 0 bridgehead atoms. The summed E-state index contributed by atoms with van der Waals surface area (Å²) in [6.45, 7) is 2.08. The van der Waals surface area contributed by atoms with Crippen LogP contribution in [0.3, 0.4) is 0 Å². The van der Waals surface area contributed by atoms with Gasteiger partial charge in [0.1, 0.15) is 0 Å². The van der Waals surface area contributed by atoms with Gasteiger partial charge in [-0.05, 0) is 30.7 Å². The number of aryl methyl sites for hydroxylation is 1. The number of aromatic nitrogens is 1. The van der Waals surface area contributed by atoms with Crippen molar-refractivity contribution >= 4 is 16.6 Å². The average molecular weight is 265 g/mol. The lowest BCUT2D eigenvalue weighted by Crippen LogP contribution is -2.12. The molecule has 20 heavy (non-hydrogen) atoms. The Morgan fingerprint density at radius 2 is 1.90 bits per heavy atom. The number of hydrogen-bond acceptors (Lipinski definition) is 2. The second kappa shape index (κ2) is 5.02. The van der Waals surface area contributed by atoms with Gasteiger partial charge in [-0.1, -0.05) is 30.3 Å². The predicted molar refractivity (Wildman–Crippen MR) is 85.1 cm³/mol. The SMILES string of the molecule is CNc1cccc(C(N)c2c(C)[nH]c3ccccc23)c1. The molecule has 102 valence electrons. The molecule has 0 saturated heterocycles. The van der Waals surface area contributed by atoms with E-state index >= 15 is 0 Å². The first kappa shape index (κ1) is 12.8. The zero-order chi connectivity index (χ0) is 14.1. The number of hydrogen-bond donors (Lipinski definition) is 3. The third-order valence-electron chi connectivity index (χ3n) is 3.79. The lowest BCUT2D eigenvalue weighted by atomic mass is 9.96. The Morgan fingerprint density at radius 1 is 1.10 bits per heavy atom. The Kier molecular flexibility index (Phi) is 3.20. The minimum Gasteiger partial charge on any atom is -0.388 e. The van der Waals surface area contributed by atoms with Gasteiger partial charge in [-0.15, -0.1) is 0 Å². The minimum atomic E-state index is -0.126. The second-order valence-electron chi connectivity index (χ2n) is 5.06. The smallest absolute Gasteiger partial charge is 0.0576 e. The number of H-pyrrole nitrogens is 1. The molecule has 0 amide bonds. The first-order valence-corrected chi connectivity index (χ1v) is 6.81. The fraction of sp³-hybridized carbons (Fsp3) is 0.176. The molecule has 3 rings (SSSR count). The number of aromatic amines is 1. The molecule has 0 aliphatic heterocycles. The van der Waals surface area contributed by atoms with E-state index in [4.69, 9.17) is 5.73 Å². The molecule has 1 heterocycles. The molecule has 3 aromatic rings. The van der Waals surface area contributed by atoms with Crippen LogP contribution in [0.5, 0.6) is 0 Å². The van der Waals surface area contributed by atoms with Gasteiger partial charge in [0.2, 0.25) is 0 Å². The number of anilines is 1. The summed E-state index contributed by atoms with van der Waals surface area (Å²) < 4.78 is 0. The zero-order valence-electron chi connectivity index (χ0n) is 11.8. The van der Waals surface area contributed by atoms with Gasteiger partial charge in [0.15, 0.2) is 0 Å². The van der Waals surface area contributed by atoms with E-state index in [0.29, 0.717) is 0 Å². The Labute approximate surface area is 118 Å². The quantitative estimate of drug-likeness (QED) is 0.678. The van der Waals surface area contributed by atoms with Gasteiger partial charge in [0.05, 0.1) is 6.04 Å². The van der Waals surface area contributed by atoms with Crippen LogP contribution in [0.25, 0.3) is 10.9 Å². The van der Waals surface area contributed by atoms with E-state index in [1.807, 2.05) is 25.2 Å². The number of para-hydroxylation sites is 1. The van der Waals surface area contributed by atoms with Crippen LogP contribution in [0.4, 0.5) is 5.69 Å². The summed E-state index contributed by atoms with van der Waals surface area (Å²) in [6, 6.07) is 16.4. The molecule has 2 aromatic carbocycles. The lowest BCUT2D eigenvalue weighted by molar-refractivity contribution is 0.869. The maximum atomic E-state index is 6.50. The van der Waals surface area contributed by atoms with Crippen LogP contribution < -0.4 is 11.1 Å². The topological polar surface area (TPSA) is 53.8 Å². The van der Waals surface area contributed by atoms with Gasteiger partial charge in [-0.25, -0.2) is 0 Å². The van der Waals surface area contributed by atoms with E-state index in [1.165, 1.54) is 10.9 Å². The van der Waals surface area contributed by atoms with Crippen LogP contribution in [-0.2, 0) is 0 Å². The van der Waals surface area contributed by atoms with Crippen LogP contribution in [0, 0.1) is 6.92 Å². The van der Waals surface area contributed by atoms with E-state index in [2.05, 4.69) is 47.6 Å². The average Bonchev–Trinajstić information content (AvgIpc) is 2.82. The van der Waals surface area contributed by atoms with Crippen LogP contribution in [0.2, 0.25) is 0 Å². The van der Waals surface area contributed by atoms with Crippen molar-refractivity contribution in [1.29, 1.82) is 0 Å². The fourth-order valence-corrected chi connectivity index (χ4v) is 2.75. The Bertz CT molecular complexity index is 743. The first-order valence-electron chi connectivity index (χ1n) is 6.81. The molecular formula is C17H19N3. The van der Waals surface area contributed by atoms with Gasteiger partial charge in [-0.2, -0.15) is 0 Å². The maximum Gasteiger partial charge on any atom is 0.0576 e. The van der Waals surface area contributed by atoms with Gasteiger partial charge in [-0.3, -0.25) is 0 Å². The Morgan fingerprint density at radius 3 is 2.70 bits per heavy atom. The summed E-state index contributed by atoms with van der Waals surface area (Å²) in [7, 11) is 1.92. The summed E-state index contributed by atoms with van der Waals surface area (Å²) in [5.41, 5.74) is 12.1. The standard InChI is InChI=1S/C17H19N3/c1-11-16(14-8-3-4-9-15(14)20-11)17(18)12-6-5-7-13(10-12)19-2/h3-10,17,19-20H,18H2,1-2H3. The van der Waals surface area contributed by atoms with E-state index in [9.17, 15) is 0 Å². The zero-order valence-corrected chi connectivity index (χ0v) is 11.8. The molecule has 0 aliphatic carbocycles. The van der Waals surface area contributed by atoms with Crippen molar-refractivity contribution in [2.45, 2.75) is 13.0 Å². The van der Waals surface area contributed by atoms with Gasteiger partial charge < -0.3 is 16.0 Å². The molecule has 3 nitrogen and oxygen atoms in total. The number of nitrogens with one attached hydrogen (secondary N) is 2. The molecule has 0 fully saturated rings. The van der Waals surface area contributed by atoms with E-state index in [1.54, 1.807) is 0 Å². The number of fused-ring (bicyclic) bond motifs is 1. The second-order valence-corrected chi connectivity index (χ2v) is 5.06. The highest BCUT2D eigenvalue weighted by Crippen LogP contribution is 2.31. The normalized spacial score (nSPS) is 12.6. The molecule has 1 atom stereocenters. The molecular weight excluding hydrogens is 246 g/mol. The number of nitrogens with two attached hydrogens (primary N) is 1. The molecule has 0 saturated carbocycles. The minimum absolute atomic E-state index is 0.126. The summed E-state index contributed by atoms with van der Waals surface area (Å²) in [6.07, 6.45) is 0. The van der Waals surface area contributed by atoms with E-state index < -0.39 is 0 Å². The summed E-state index contributed by atoms with van der Waals surface area (Å²) >= 11 is 0. The van der Waals surface area contributed by atoms with Crippen molar-refractivity contribution in [1.82, 2.24) is 4.98 Å². The molecule has 3 heteroatoms. The van der Waals surface area contributed by atoms with Gasteiger partial charge in [0, 0.05) is 34.9 Å². The first-order chi connectivity index (χ1) is 9.70. The van der Waals surface area contributed by atoms with Crippen molar-refractivity contribution in [2.24, 2.45) is 5.73 Å². The van der Waals surface area contributed by atoms with E-state index in [0.717, 1.165) is 22.5 Å². The Hall–Kier alpha value is -2.26. The van der Waals surface area contributed by atoms with Crippen molar-refractivity contribution in [2.75, 3.05) is 12.4 Å². The summed E-state index contributed by atoms with van der Waals surface area (Å²) in [5.74, 6) is 0. The predicted octanol–water partition coefficient (Wildman–Crippen LogP) is 3.57. The monoisotopic (exact) mass is 265 g/mol. The van der Waals surface area contributed by atoms with Crippen LogP contribution in [-0.4, -0.2) is 12.0 Å². The van der Waals surface area contributed by atoms with Gasteiger partial charge >= 0.3 is 0 Å². The molecule has 1 unspecified atom stereocenters. The number of benzene rings is 2. The largest absolute Gasteiger partial charge is 0.388 e. The van der Waals surface area contributed by atoms with Crippen molar-refractivity contribution in [3.8, 4) is 0 Å². The molecule has 0 spiro atoms. The highest BCUT2D eigenvalue weighted by atomic mass is 14.8. The number of rotatable bonds is 3. The lowest BCUT2D eigenvalue weighted by Gasteiger charge is -2.14. The van der Waals surface area contributed by atoms with Crippen LogP contribution in [0.15, 0.2) is 48.5 Å². The third-order valence-corrected chi connectivity index (χ3v) is 3.79. The fourth-order valence-electron chi connectivity index (χ4n) is 2.75. The highest BCUT2D eigenvalue weighted by molar-refractivity contribution is 5.85. The molecule has 0 radical (unpaired) electrons. The highest BCUT2D eigenvalue weighted by Gasteiger charge is 2.17. The molecule has 0 aliphatic rings. The summed E-state index contributed by atoms with van der Waals surface area (Å²) in [4.78, 5) is 3.41. The molecule has 1 aromatic heterocycles. The van der Waals surface area contributed by atoms with Crippen molar-refractivity contribution in [3.63, 3.8) is 0 Å². The third kappa shape index (κ3) is 2.06. The van der Waals surface area contributed by atoms with Crippen molar-refractivity contribution < 1.29 is 0 Å². The maximum absolute atomic E-state index is 6.50. The summed E-state index contributed by atoms with van der Waals surface area (Å²) in [5, 5.41) is 4.36. The Balaban J connectivity index is 2.12. The van der Waals surface area contributed by atoms with Crippen LogP contribution in [0.1, 0.15) is 22.9 Å². The van der Waals surface area contributed by atoms with Crippen LogP contribution >= 0.6 is 0 Å². The molecule has 4 N–H and O–H groups in total. The van der Waals surface area contributed by atoms with Gasteiger partial charge in [0.25, 0.3) is 0 Å². The van der Waals surface area contributed by atoms with Crippen molar-refractivity contribution in [3.05, 3.63) is 65.4 Å².